The van der Waals surface area contributed by atoms with Gasteiger partial charge in [0.2, 0.25) is 15.9 Å². The third-order valence-corrected chi connectivity index (χ3v) is 4.39. The van der Waals surface area contributed by atoms with Crippen molar-refractivity contribution in [1.29, 1.82) is 0 Å². The molecule has 0 heterocycles. The highest BCUT2D eigenvalue weighted by Crippen LogP contribution is 2.19. The highest BCUT2D eigenvalue weighted by Gasteiger charge is 2.16. The minimum absolute atomic E-state index is 0. The van der Waals surface area contributed by atoms with Gasteiger partial charge in [-0.1, -0.05) is 22.9 Å². The number of benzene rings is 1. The van der Waals surface area contributed by atoms with Gasteiger partial charge in [-0.05, 0) is 31.2 Å². The first-order valence-corrected chi connectivity index (χ1v) is 8.45. The van der Waals surface area contributed by atoms with Gasteiger partial charge in [-0.3, -0.25) is 4.79 Å². The van der Waals surface area contributed by atoms with E-state index in [9.17, 15) is 13.2 Å². The topological polar surface area (TPSA) is 101 Å². The minimum Gasteiger partial charge on any atom is -0.366 e. The Bertz CT molecular complexity index is 581. The average Bonchev–Trinajstić information content (AvgIpc) is 2.37. The lowest BCUT2D eigenvalue weighted by Crippen LogP contribution is -2.32. The van der Waals surface area contributed by atoms with E-state index in [1.54, 1.807) is 0 Å². The summed E-state index contributed by atoms with van der Waals surface area (Å²) >= 11 is 3.16. The predicted molar refractivity (Wildman–Crippen MR) is 88.3 cm³/mol. The lowest BCUT2D eigenvalue weighted by atomic mass is 10.2. The van der Waals surface area contributed by atoms with Crippen molar-refractivity contribution in [2.75, 3.05) is 19.6 Å². The summed E-state index contributed by atoms with van der Waals surface area (Å²) in [7, 11) is -3.65. The van der Waals surface area contributed by atoms with E-state index in [1.807, 2.05) is 6.92 Å². The van der Waals surface area contributed by atoms with Crippen LogP contribution >= 0.6 is 28.3 Å². The number of amides is 1. The fourth-order valence-electron chi connectivity index (χ4n) is 1.52. The van der Waals surface area contributed by atoms with Crippen LogP contribution in [0.5, 0.6) is 0 Å². The number of hydrogen-bond donors (Lipinski definition) is 3. The van der Waals surface area contributed by atoms with Crippen LogP contribution in [-0.2, 0) is 10.0 Å². The Morgan fingerprint density at radius 2 is 1.90 bits per heavy atom. The smallest absolute Gasteiger partial charge is 0.248 e. The number of nitrogens with two attached hydrogens (primary N) is 1. The van der Waals surface area contributed by atoms with Crippen molar-refractivity contribution in [3.63, 3.8) is 0 Å². The average molecular weight is 401 g/mol. The first-order chi connectivity index (χ1) is 9.36. The Labute approximate surface area is 139 Å². The van der Waals surface area contributed by atoms with Gasteiger partial charge in [0.25, 0.3) is 0 Å². The van der Waals surface area contributed by atoms with E-state index in [4.69, 9.17) is 5.73 Å². The number of halogens is 2. The fraction of sp³-hybridized carbons (Fsp3) is 0.417. The number of primary amides is 1. The summed E-state index contributed by atoms with van der Waals surface area (Å²) in [6.45, 7) is 3.69. The van der Waals surface area contributed by atoms with Crippen molar-refractivity contribution in [1.82, 2.24) is 10.0 Å². The van der Waals surface area contributed by atoms with Gasteiger partial charge in [0.15, 0.2) is 0 Å². The standard InChI is InChI=1S/C12H18BrN3O3S.ClH/c1-2-3-15-4-5-16-20(18,19)11-7-9(12(14)17)6-10(13)8-11;/h6-8,15-16H,2-5H2,1H3,(H2,14,17);1H. The zero-order chi connectivity index (χ0) is 15.2. The van der Waals surface area contributed by atoms with E-state index >= 15 is 0 Å². The molecule has 1 amide bonds. The first kappa shape index (κ1) is 20.3. The van der Waals surface area contributed by atoms with Crippen LogP contribution in [-0.4, -0.2) is 34.0 Å². The zero-order valence-electron chi connectivity index (χ0n) is 11.6. The third-order valence-electron chi connectivity index (χ3n) is 2.49. The highest BCUT2D eigenvalue weighted by molar-refractivity contribution is 9.10. The molecule has 21 heavy (non-hydrogen) atoms. The van der Waals surface area contributed by atoms with Gasteiger partial charge >= 0.3 is 0 Å². The van der Waals surface area contributed by atoms with Crippen molar-refractivity contribution >= 4 is 44.3 Å². The maximum Gasteiger partial charge on any atom is 0.248 e. The molecule has 0 atom stereocenters. The normalized spacial score (nSPS) is 11.0. The summed E-state index contributed by atoms with van der Waals surface area (Å²) in [5.74, 6) is -0.674. The summed E-state index contributed by atoms with van der Waals surface area (Å²) < 4.78 is 27.1. The van der Waals surface area contributed by atoms with E-state index in [2.05, 4.69) is 26.0 Å². The van der Waals surface area contributed by atoms with Gasteiger partial charge in [0, 0.05) is 23.1 Å². The maximum absolute atomic E-state index is 12.1. The first-order valence-electron chi connectivity index (χ1n) is 6.17. The Balaban J connectivity index is 0.00000400. The van der Waals surface area contributed by atoms with Crippen LogP contribution in [0.25, 0.3) is 0 Å². The Morgan fingerprint density at radius 1 is 1.24 bits per heavy atom. The van der Waals surface area contributed by atoms with E-state index in [0.29, 0.717) is 11.0 Å². The quantitative estimate of drug-likeness (QED) is 0.572. The Morgan fingerprint density at radius 3 is 2.48 bits per heavy atom. The van der Waals surface area contributed by atoms with Crippen LogP contribution in [0.4, 0.5) is 0 Å². The molecule has 0 saturated heterocycles. The number of carbonyl (C=O) groups is 1. The lowest BCUT2D eigenvalue weighted by molar-refractivity contribution is 0.1000. The van der Waals surface area contributed by atoms with Crippen LogP contribution < -0.4 is 15.8 Å². The van der Waals surface area contributed by atoms with Crippen LogP contribution in [0.3, 0.4) is 0 Å². The van der Waals surface area contributed by atoms with Crippen molar-refractivity contribution in [3.05, 3.63) is 28.2 Å². The zero-order valence-corrected chi connectivity index (χ0v) is 14.8. The highest BCUT2D eigenvalue weighted by atomic mass is 79.9. The molecule has 9 heteroatoms. The van der Waals surface area contributed by atoms with Crippen molar-refractivity contribution in [3.8, 4) is 0 Å². The second-order valence-corrected chi connectivity index (χ2v) is 6.87. The number of sulfonamides is 1. The molecule has 1 aromatic rings. The number of carbonyl (C=O) groups excluding carboxylic acids is 1. The number of hydrogen-bond acceptors (Lipinski definition) is 4. The molecule has 0 radical (unpaired) electrons. The molecule has 0 aliphatic heterocycles. The van der Waals surface area contributed by atoms with Gasteiger partial charge in [-0.25, -0.2) is 13.1 Å². The number of nitrogens with one attached hydrogen (secondary N) is 2. The molecule has 1 aromatic carbocycles. The maximum atomic E-state index is 12.1. The summed E-state index contributed by atoms with van der Waals surface area (Å²) in [6.07, 6.45) is 0.986. The van der Waals surface area contributed by atoms with Gasteiger partial charge in [-0.15, -0.1) is 12.4 Å². The monoisotopic (exact) mass is 399 g/mol. The van der Waals surface area contributed by atoms with Gasteiger partial charge in [0.1, 0.15) is 0 Å². The van der Waals surface area contributed by atoms with Gasteiger partial charge in [0.05, 0.1) is 4.90 Å². The van der Waals surface area contributed by atoms with Crippen LogP contribution in [0.2, 0.25) is 0 Å². The predicted octanol–water partition coefficient (Wildman–Crippen LogP) is 1.25. The number of rotatable bonds is 8. The molecule has 0 aromatic heterocycles. The summed E-state index contributed by atoms with van der Waals surface area (Å²) in [6, 6.07) is 4.16. The van der Waals surface area contributed by atoms with Crippen LogP contribution in [0, 0.1) is 0 Å². The van der Waals surface area contributed by atoms with Gasteiger partial charge in [-0.2, -0.15) is 0 Å². The second kappa shape index (κ2) is 9.37. The van der Waals surface area contributed by atoms with Gasteiger partial charge < -0.3 is 11.1 Å². The van der Waals surface area contributed by atoms with Crippen molar-refractivity contribution < 1.29 is 13.2 Å². The lowest BCUT2D eigenvalue weighted by Gasteiger charge is -2.09. The molecule has 0 saturated carbocycles. The molecule has 0 fully saturated rings. The SMILES string of the molecule is CCCNCCNS(=O)(=O)c1cc(Br)cc(C(N)=O)c1.Cl. The van der Waals surface area contributed by atoms with Crippen molar-refractivity contribution in [2.45, 2.75) is 18.2 Å². The molecule has 1 rings (SSSR count). The second-order valence-electron chi connectivity index (χ2n) is 4.19. The van der Waals surface area contributed by atoms with E-state index in [0.717, 1.165) is 13.0 Å². The summed E-state index contributed by atoms with van der Waals surface area (Å²) in [5.41, 5.74) is 5.31. The van der Waals surface area contributed by atoms with Crippen molar-refractivity contribution in [2.24, 2.45) is 5.73 Å². The van der Waals surface area contributed by atoms with Crippen LogP contribution in [0.1, 0.15) is 23.7 Å². The Hall–Kier alpha value is -0.670. The molecule has 0 unspecified atom stereocenters. The molecular weight excluding hydrogens is 382 g/mol. The molecule has 0 bridgehead atoms. The molecule has 4 N–H and O–H groups in total. The van der Waals surface area contributed by atoms with E-state index < -0.39 is 15.9 Å². The third kappa shape index (κ3) is 6.75. The summed E-state index contributed by atoms with van der Waals surface area (Å²) in [5, 5.41) is 3.09. The summed E-state index contributed by atoms with van der Waals surface area (Å²) in [4.78, 5) is 11.2. The molecule has 0 spiro atoms. The molecular formula is C12H19BrClN3O3S. The molecule has 0 aliphatic carbocycles. The van der Waals surface area contributed by atoms with E-state index in [1.165, 1.54) is 18.2 Å². The van der Waals surface area contributed by atoms with E-state index in [-0.39, 0.29) is 29.4 Å². The largest absolute Gasteiger partial charge is 0.366 e. The molecule has 6 nitrogen and oxygen atoms in total. The molecule has 0 aliphatic rings. The minimum atomic E-state index is -3.65. The van der Waals surface area contributed by atoms with Crippen LogP contribution in [0.15, 0.2) is 27.6 Å². The molecule has 120 valence electrons. The Kier molecular flexibility index (Phi) is 9.07. The fourth-order valence-corrected chi connectivity index (χ4v) is 3.27.